The van der Waals surface area contributed by atoms with Gasteiger partial charge in [0.15, 0.2) is 156 Å². The molecule has 0 saturated carbocycles. The smallest absolute Gasteiger partial charge is 0.344 e. The Labute approximate surface area is 736 Å². The number of hydrogen-bond acceptors (Lipinski definition) is 52. The molecule has 2 saturated heterocycles. The highest BCUT2D eigenvalue weighted by atomic mass is 16.8. The Kier molecular flexibility index (Phi) is 23.1. The van der Waals surface area contributed by atoms with Crippen LogP contribution in [-0.2, 0) is 56.8 Å². The van der Waals surface area contributed by atoms with E-state index in [0.29, 0.717) is 66.7 Å². The first kappa shape index (κ1) is 91.2. The molecule has 52 nitrogen and oxygen atoms in total. The summed E-state index contributed by atoms with van der Waals surface area (Å²) in [5, 5.41) is 316. The molecule has 10 aromatic rings. The highest BCUT2D eigenvalue weighted by Gasteiger charge is 2.62. The molecular formula is C82H58O52. The Hall–Kier alpha value is -19.0. The van der Waals surface area contributed by atoms with Crippen molar-refractivity contribution in [3.63, 3.8) is 0 Å². The summed E-state index contributed by atoms with van der Waals surface area (Å²) in [5.41, 5.74) is -17.8. The van der Waals surface area contributed by atoms with Crippen LogP contribution in [0.2, 0.25) is 0 Å². The van der Waals surface area contributed by atoms with Gasteiger partial charge in [0.05, 0.1) is 38.9 Å². The number of phenolic OH excluding ortho intramolecular Hbond substituents is 29. The minimum absolute atomic E-state index is 0.0783. The molecule has 4 aliphatic rings. The molecule has 0 bridgehead atoms. The number of hydrogen-bond donors (Lipinski definition) is 29. The lowest BCUT2D eigenvalue weighted by Crippen LogP contribution is -2.67. The van der Waals surface area contributed by atoms with E-state index in [2.05, 4.69) is 0 Å². The zero-order chi connectivity index (χ0) is 97.8. The number of ketones is 1. The first-order valence-electron chi connectivity index (χ1n) is 37.0. The molecule has 4 heterocycles. The first-order valence-corrected chi connectivity index (χ1v) is 37.0. The SMILES string of the molecule is O=C(OC1OC2COC(=O)c3cc(Oc4c(C(=O)OC5OCC6(OCC(=O)c7cc(O)c(O)c(O)c7-c7c(cc(O)c(O)c7O)C(=O)O6)C(OC(=O)c6ccc(O)c(O)c6O)C5OC(=O)c5cc(O)c(O)c(O)c5)cc(O)c(O)c4O)c(O)c(O)c3-c3c(cc(O)c(O)c3O)C(=O)OC2C(OC(=O)c2cc(O)c(O)c(O)c2)C1OC(=O)c1cc(O)c(O)c(O)c1)c1cc(O)c(O)c(O)c1. The predicted octanol–water partition coefficient (Wildman–Crippen LogP) is 3.73. The van der Waals surface area contributed by atoms with E-state index in [1.165, 1.54) is 0 Å². The Bertz CT molecular complexity index is 6680. The van der Waals surface area contributed by atoms with Crippen molar-refractivity contribution >= 4 is 59.5 Å². The van der Waals surface area contributed by atoms with Crippen LogP contribution >= 0.6 is 0 Å². The van der Waals surface area contributed by atoms with E-state index in [1.54, 1.807) is 0 Å². The second-order valence-electron chi connectivity index (χ2n) is 28.7. The standard InChI is InChI=1S/C82H58O52/c83-29-2-1-23(49(97)54(29)102)76(118)131-70-69(130-73(115)21-7-34(88)52(100)35(89)8-21)80(123-18-82(70)124-16-42(96)24-11-38(92)55(103)60(108)45(24)47-26(79(121)134-82)13-40(94)57(105)62(47)110)133-78(120)28-14-41(95)58(106)64(112)65(28)125-43-15-27-48(63(111)59(43)107)46-25(12-39(93)56(104)61(46)109)77(119)127-66-44(17-122-75(27)117)126-81(132-74(116)22-9-36(90)53(101)37(91)10-22)68(129-72(114)20-5-32(86)51(99)33(87)6-20)67(66)128-71(113)19-3-30(84)50(98)31(85)4-19/h1-15,44,66-70,80-81,83-95,97-112H,16-18H2. The quantitative estimate of drug-likeness (QED) is 0.0419. The average Bonchev–Trinajstić information content (AvgIpc) is 1.23. The number of aromatic hydroxyl groups is 29. The van der Waals surface area contributed by atoms with Gasteiger partial charge in [0, 0.05) is 39.9 Å². The second-order valence-corrected chi connectivity index (χ2v) is 28.7. The fraction of sp³-hybridized carbons (Fsp3) is 0.146. The lowest BCUT2D eigenvalue weighted by Gasteiger charge is -2.46. The fourth-order valence-electron chi connectivity index (χ4n) is 13.9. The molecule has 0 aromatic heterocycles. The molecule has 14 rings (SSSR count). The molecule has 0 aliphatic carbocycles. The monoisotopic (exact) mass is 1870 g/mol. The molecule has 2 fully saturated rings. The van der Waals surface area contributed by atoms with Gasteiger partial charge >= 0.3 is 53.7 Å². The maximum atomic E-state index is 15.4. The van der Waals surface area contributed by atoms with Gasteiger partial charge in [-0.1, -0.05) is 0 Å². The number of esters is 9. The van der Waals surface area contributed by atoms with Crippen LogP contribution in [-0.4, -0.2) is 282 Å². The topological polar surface area (TPSA) is 877 Å². The number of carbonyl (C=O) groups excluding carboxylic acids is 10. The minimum Gasteiger partial charge on any atom is -0.504 e. The lowest BCUT2D eigenvalue weighted by molar-refractivity contribution is -0.351. The van der Waals surface area contributed by atoms with Crippen LogP contribution < -0.4 is 4.74 Å². The van der Waals surface area contributed by atoms with E-state index in [0.717, 1.165) is 0 Å². The van der Waals surface area contributed by atoms with E-state index in [1.807, 2.05) is 0 Å². The molecule has 0 amide bonds. The van der Waals surface area contributed by atoms with Crippen LogP contribution in [0.1, 0.15) is 104 Å². The molecule has 134 heavy (non-hydrogen) atoms. The van der Waals surface area contributed by atoms with E-state index < -0.39 is 390 Å². The van der Waals surface area contributed by atoms with Gasteiger partial charge in [-0.2, -0.15) is 0 Å². The van der Waals surface area contributed by atoms with Gasteiger partial charge in [-0.15, -0.1) is 0 Å². The molecule has 4 aliphatic heterocycles. The molecule has 0 radical (unpaired) electrons. The van der Waals surface area contributed by atoms with Gasteiger partial charge in [0.2, 0.25) is 71.1 Å². The Morgan fingerprint density at radius 2 is 0.694 bits per heavy atom. The van der Waals surface area contributed by atoms with Gasteiger partial charge in [0.25, 0.3) is 5.79 Å². The zero-order valence-electron chi connectivity index (χ0n) is 65.8. The van der Waals surface area contributed by atoms with Crippen molar-refractivity contribution in [1.82, 2.24) is 0 Å². The number of Topliss-reactive ketones (excluding diaryl/α,β-unsaturated/α-hetero) is 1. The Morgan fingerprint density at radius 1 is 0.321 bits per heavy atom. The minimum atomic E-state index is -3.72. The molecular weight excluding hydrogens is 1820 g/mol. The second kappa shape index (κ2) is 34.0. The first-order chi connectivity index (χ1) is 63.0. The van der Waals surface area contributed by atoms with E-state index in [-0.39, 0.29) is 24.3 Å². The third kappa shape index (κ3) is 16.0. The van der Waals surface area contributed by atoms with Crippen molar-refractivity contribution < 1.29 is 258 Å². The third-order valence-electron chi connectivity index (χ3n) is 20.5. The molecule has 698 valence electrons. The maximum absolute atomic E-state index is 15.4. The summed E-state index contributed by atoms with van der Waals surface area (Å²) in [5.74, 6) is -69.8. The summed E-state index contributed by atoms with van der Waals surface area (Å²) in [6.45, 7) is -5.25. The Morgan fingerprint density at radius 3 is 1.17 bits per heavy atom. The number of cyclic esters (lactones) is 1. The average molecular weight is 1880 g/mol. The third-order valence-corrected chi connectivity index (χ3v) is 20.5. The number of phenols is 29. The zero-order valence-corrected chi connectivity index (χ0v) is 65.8. The van der Waals surface area contributed by atoms with Crippen LogP contribution in [0.15, 0.2) is 91.0 Å². The molecule has 10 aromatic carbocycles. The fourth-order valence-corrected chi connectivity index (χ4v) is 13.9. The largest absolute Gasteiger partial charge is 0.504 e. The summed E-state index contributed by atoms with van der Waals surface area (Å²) in [4.78, 5) is 148. The number of ether oxygens (including phenoxy) is 13. The summed E-state index contributed by atoms with van der Waals surface area (Å²) >= 11 is 0. The van der Waals surface area contributed by atoms with Crippen molar-refractivity contribution in [3.05, 3.63) is 147 Å². The summed E-state index contributed by atoms with van der Waals surface area (Å²) < 4.78 is 74.5. The highest BCUT2D eigenvalue weighted by Crippen LogP contribution is 2.59. The molecule has 1 spiro atoms. The van der Waals surface area contributed by atoms with Crippen molar-refractivity contribution in [1.29, 1.82) is 0 Å². The van der Waals surface area contributed by atoms with Gasteiger partial charge < -0.3 is 210 Å². The van der Waals surface area contributed by atoms with Crippen LogP contribution in [0.5, 0.6) is 178 Å². The van der Waals surface area contributed by atoms with E-state index >= 15 is 19.2 Å². The van der Waals surface area contributed by atoms with Crippen LogP contribution in [0.4, 0.5) is 0 Å². The molecule has 9 unspecified atom stereocenters. The predicted molar refractivity (Wildman–Crippen MR) is 415 cm³/mol. The molecule has 29 N–H and O–H groups in total. The number of benzene rings is 10. The van der Waals surface area contributed by atoms with E-state index in [4.69, 9.17) is 61.6 Å². The summed E-state index contributed by atoms with van der Waals surface area (Å²) in [7, 11) is 0. The van der Waals surface area contributed by atoms with E-state index in [9.17, 15) is 177 Å². The maximum Gasteiger partial charge on any atom is 0.344 e. The van der Waals surface area contributed by atoms with Gasteiger partial charge in [-0.05, 0) is 78.9 Å². The molecule has 52 heteroatoms. The molecule has 9 atom stereocenters. The normalized spacial score (nSPS) is 19.1. The number of fused-ring (bicyclic) bond motifs is 7. The van der Waals surface area contributed by atoms with Gasteiger partial charge in [-0.25, -0.2) is 43.2 Å². The van der Waals surface area contributed by atoms with Gasteiger partial charge in [0.1, 0.15) is 37.1 Å². The van der Waals surface area contributed by atoms with Gasteiger partial charge in [-0.3, -0.25) is 4.79 Å². The lowest BCUT2D eigenvalue weighted by atomic mass is 9.90. The summed E-state index contributed by atoms with van der Waals surface area (Å²) in [6.07, 6.45) is -23.4. The highest BCUT2D eigenvalue weighted by molar-refractivity contribution is 6.12. The summed E-state index contributed by atoms with van der Waals surface area (Å²) in [6, 6.07) is 5.20. The number of rotatable bonds is 14. The van der Waals surface area contributed by atoms with Crippen molar-refractivity contribution in [2.45, 2.75) is 55.0 Å². The van der Waals surface area contributed by atoms with Crippen molar-refractivity contribution in [2.75, 3.05) is 19.8 Å². The van der Waals surface area contributed by atoms with Crippen molar-refractivity contribution in [3.8, 4) is 200 Å². The number of carbonyl (C=O) groups is 10. The van der Waals surface area contributed by atoms with Crippen molar-refractivity contribution in [2.24, 2.45) is 0 Å². The van der Waals surface area contributed by atoms with Crippen LogP contribution in [0, 0.1) is 0 Å². The Balaban J connectivity index is 0.894. The van der Waals surface area contributed by atoms with Crippen LogP contribution in [0.25, 0.3) is 22.3 Å². The van der Waals surface area contributed by atoms with Crippen LogP contribution in [0.3, 0.4) is 0 Å².